The summed E-state index contributed by atoms with van der Waals surface area (Å²) in [7, 11) is 0. The third kappa shape index (κ3) is 15.0. The van der Waals surface area contributed by atoms with Crippen LogP contribution in [0.5, 0.6) is 0 Å². The second-order valence-corrected chi connectivity index (χ2v) is 13.9. The van der Waals surface area contributed by atoms with Crippen molar-refractivity contribution in [2.45, 2.75) is 78.6 Å². The van der Waals surface area contributed by atoms with Crippen LogP contribution in [0.15, 0.2) is 36.7 Å². The predicted molar refractivity (Wildman–Crippen MR) is 223 cm³/mol. The molecule has 2 aliphatic heterocycles. The van der Waals surface area contributed by atoms with Crippen LogP contribution in [0.2, 0.25) is 0 Å². The van der Waals surface area contributed by atoms with Crippen LogP contribution in [0.4, 0.5) is 11.9 Å². The van der Waals surface area contributed by atoms with Crippen LogP contribution in [-0.2, 0) is 51.2 Å². The number of carbonyl (C=O) groups excluding carboxylic acids is 2. The van der Waals surface area contributed by atoms with E-state index in [1.54, 1.807) is 12.4 Å². The van der Waals surface area contributed by atoms with Gasteiger partial charge in [0, 0.05) is 63.9 Å². The highest BCUT2D eigenvalue weighted by molar-refractivity contribution is 6.27. The number of fused-ring (bicyclic) bond motifs is 2. The van der Waals surface area contributed by atoms with E-state index in [4.69, 9.17) is 48.7 Å². The molecule has 4 N–H and O–H groups in total. The van der Waals surface area contributed by atoms with E-state index >= 15 is 0 Å². The summed E-state index contributed by atoms with van der Waals surface area (Å²) in [6.07, 6.45) is 7.42. The highest BCUT2D eigenvalue weighted by Gasteiger charge is 2.25. The Morgan fingerprint density at radius 3 is 1.35 bits per heavy atom. The molecule has 330 valence electrons. The second kappa shape index (κ2) is 25.2. The molecule has 2 saturated heterocycles. The second-order valence-electron chi connectivity index (χ2n) is 13.9. The first kappa shape index (κ1) is 47.2. The molecule has 2 aliphatic rings. The van der Waals surface area contributed by atoms with Crippen molar-refractivity contribution in [1.82, 2.24) is 38.9 Å². The van der Waals surface area contributed by atoms with Crippen LogP contribution in [0.3, 0.4) is 0 Å². The van der Waals surface area contributed by atoms with Gasteiger partial charge in [0.05, 0.1) is 52.6 Å². The van der Waals surface area contributed by atoms with Gasteiger partial charge in [-0.05, 0) is 77.6 Å². The molecule has 6 heterocycles. The zero-order valence-electron chi connectivity index (χ0n) is 35.1. The lowest BCUT2D eigenvalue weighted by atomic mass is 10.1. The largest absolute Gasteiger partial charge is 0.473 e. The summed E-state index contributed by atoms with van der Waals surface area (Å²) in [5, 5.41) is 21.9. The SMILES string of the molecule is CCOCCn1c(NC2CCN(CC(=O)OCC)CC2)nc2cccnc21.CCOCCn1c(NC2CCN(CC(=O)OCC)CC2)nc2cccnc21.O=C(O)C(=O)O. The molecule has 4 aromatic heterocycles. The number of rotatable bonds is 18. The first-order valence-corrected chi connectivity index (χ1v) is 20.6. The number of esters is 2. The Balaban J connectivity index is 0.000000233. The van der Waals surface area contributed by atoms with Crippen LogP contribution in [0, 0.1) is 0 Å². The average Bonchev–Trinajstić information content (AvgIpc) is 3.76. The molecule has 0 aliphatic carbocycles. The number of piperidine rings is 2. The van der Waals surface area contributed by atoms with Gasteiger partial charge >= 0.3 is 23.9 Å². The lowest BCUT2D eigenvalue weighted by Gasteiger charge is -2.31. The number of carboxylic acid groups (broad SMARTS) is 2. The minimum absolute atomic E-state index is 0.146. The number of aliphatic carboxylic acids is 2. The van der Waals surface area contributed by atoms with Gasteiger partial charge in [0.25, 0.3) is 0 Å². The third-order valence-corrected chi connectivity index (χ3v) is 9.67. The quantitative estimate of drug-likeness (QED) is 0.0640. The smallest absolute Gasteiger partial charge is 0.414 e. The van der Waals surface area contributed by atoms with Crippen molar-refractivity contribution in [1.29, 1.82) is 0 Å². The zero-order valence-corrected chi connectivity index (χ0v) is 35.1. The van der Waals surface area contributed by atoms with E-state index in [-0.39, 0.29) is 11.9 Å². The van der Waals surface area contributed by atoms with Gasteiger partial charge in [-0.25, -0.2) is 29.5 Å². The maximum absolute atomic E-state index is 11.6. The van der Waals surface area contributed by atoms with Crippen molar-refractivity contribution in [3.63, 3.8) is 0 Å². The molecule has 20 nitrogen and oxygen atoms in total. The summed E-state index contributed by atoms with van der Waals surface area (Å²) >= 11 is 0. The molecular formula is C40H60N10O10. The molecular weight excluding hydrogens is 780 g/mol. The van der Waals surface area contributed by atoms with Gasteiger partial charge in [-0.3, -0.25) is 28.5 Å². The van der Waals surface area contributed by atoms with Gasteiger partial charge in [-0.1, -0.05) is 0 Å². The van der Waals surface area contributed by atoms with E-state index in [2.05, 4.69) is 39.5 Å². The number of nitrogens with zero attached hydrogens (tertiary/aromatic N) is 8. The fraction of sp³-hybridized carbons (Fsp3) is 0.600. The summed E-state index contributed by atoms with van der Waals surface area (Å²) in [5.41, 5.74) is 3.52. The Morgan fingerprint density at radius 1 is 0.633 bits per heavy atom. The standard InChI is InChI=1S/2C19H29N5O3.C2H2O4/c2*1-3-26-13-12-24-18-16(6-5-9-20-18)22-19(24)21-15-7-10-23(11-8-15)14-17(25)27-4-2;3-1(4)2(5)6/h2*5-6,9,15H,3-4,7-8,10-14H2,1-2H3,(H,21,22);(H,3,4)(H,5,6). The van der Waals surface area contributed by atoms with Gasteiger partial charge < -0.3 is 39.8 Å². The Bertz CT molecular complexity index is 1800. The van der Waals surface area contributed by atoms with Crippen molar-refractivity contribution in [3.8, 4) is 0 Å². The number of nitrogens with one attached hydrogen (secondary N) is 2. The lowest BCUT2D eigenvalue weighted by molar-refractivity contribution is -0.159. The van der Waals surface area contributed by atoms with E-state index in [9.17, 15) is 9.59 Å². The number of likely N-dealkylation sites (tertiary alicyclic amines) is 2. The van der Waals surface area contributed by atoms with Gasteiger partial charge in [-0.15, -0.1) is 0 Å². The van der Waals surface area contributed by atoms with Gasteiger partial charge in [0.15, 0.2) is 11.3 Å². The van der Waals surface area contributed by atoms with Crippen LogP contribution in [-0.4, -0.2) is 164 Å². The number of anilines is 2. The van der Waals surface area contributed by atoms with Gasteiger partial charge in [-0.2, -0.15) is 0 Å². The number of imidazole rings is 2. The number of carboxylic acids is 2. The van der Waals surface area contributed by atoms with Gasteiger partial charge in [0.2, 0.25) is 11.9 Å². The maximum atomic E-state index is 11.6. The molecule has 0 aromatic carbocycles. The highest BCUT2D eigenvalue weighted by Crippen LogP contribution is 2.23. The normalized spacial score (nSPS) is 15.1. The molecule has 0 atom stereocenters. The Hall–Kier alpha value is -5.44. The number of carbonyl (C=O) groups is 4. The summed E-state index contributed by atoms with van der Waals surface area (Å²) in [4.78, 5) is 64.2. The zero-order chi connectivity index (χ0) is 43.3. The maximum Gasteiger partial charge on any atom is 0.414 e. The Kier molecular flexibility index (Phi) is 19.9. The van der Waals surface area contributed by atoms with E-state index < -0.39 is 11.9 Å². The summed E-state index contributed by atoms with van der Waals surface area (Å²) in [6.45, 7) is 16.8. The number of hydrogen-bond donors (Lipinski definition) is 4. The fourth-order valence-corrected chi connectivity index (χ4v) is 6.78. The molecule has 0 saturated carbocycles. The fourth-order valence-electron chi connectivity index (χ4n) is 6.78. The van der Waals surface area contributed by atoms with Crippen LogP contribution in [0.25, 0.3) is 22.3 Å². The highest BCUT2D eigenvalue weighted by atomic mass is 16.5. The molecule has 0 unspecified atom stereocenters. The summed E-state index contributed by atoms with van der Waals surface area (Å²) in [6, 6.07) is 8.41. The molecule has 60 heavy (non-hydrogen) atoms. The molecule has 0 amide bonds. The minimum Gasteiger partial charge on any atom is -0.473 e. The first-order chi connectivity index (χ1) is 29.1. The van der Waals surface area contributed by atoms with E-state index in [1.807, 2.05) is 52.0 Å². The molecule has 0 spiro atoms. The van der Waals surface area contributed by atoms with Crippen LogP contribution >= 0.6 is 0 Å². The lowest BCUT2D eigenvalue weighted by Crippen LogP contribution is -2.42. The number of aromatic nitrogens is 6. The van der Waals surface area contributed by atoms with E-state index in [1.165, 1.54) is 0 Å². The number of ether oxygens (including phenoxy) is 4. The number of pyridine rings is 2. The minimum atomic E-state index is -1.82. The molecule has 2 fully saturated rings. The molecule has 4 aromatic rings. The van der Waals surface area contributed by atoms with Crippen molar-refractivity contribution >= 4 is 58.1 Å². The topological polar surface area (TPSA) is 238 Å². The van der Waals surface area contributed by atoms with E-state index in [0.717, 1.165) is 86.1 Å². The van der Waals surface area contributed by atoms with E-state index in [0.29, 0.717) is 77.9 Å². The van der Waals surface area contributed by atoms with Crippen LogP contribution < -0.4 is 10.6 Å². The predicted octanol–water partition coefficient (Wildman–Crippen LogP) is 2.97. The Labute approximate surface area is 349 Å². The first-order valence-electron chi connectivity index (χ1n) is 20.6. The third-order valence-electron chi connectivity index (χ3n) is 9.67. The van der Waals surface area contributed by atoms with Crippen molar-refractivity contribution in [3.05, 3.63) is 36.7 Å². The summed E-state index contributed by atoms with van der Waals surface area (Å²) in [5.74, 6) is -2.26. The molecule has 0 bridgehead atoms. The van der Waals surface area contributed by atoms with Crippen molar-refractivity contribution < 1.29 is 48.3 Å². The monoisotopic (exact) mass is 840 g/mol. The van der Waals surface area contributed by atoms with Crippen molar-refractivity contribution in [2.24, 2.45) is 0 Å². The number of hydrogen-bond acceptors (Lipinski definition) is 16. The molecule has 20 heteroatoms. The van der Waals surface area contributed by atoms with Gasteiger partial charge in [0.1, 0.15) is 11.0 Å². The Morgan fingerprint density at radius 2 is 1.02 bits per heavy atom. The average molecular weight is 841 g/mol. The summed E-state index contributed by atoms with van der Waals surface area (Å²) < 4.78 is 25.3. The molecule has 6 rings (SSSR count). The van der Waals surface area contributed by atoms with Crippen molar-refractivity contribution in [2.75, 3.05) is 89.5 Å². The van der Waals surface area contributed by atoms with Crippen LogP contribution in [0.1, 0.15) is 53.4 Å². The molecule has 0 radical (unpaired) electrons.